The summed E-state index contributed by atoms with van der Waals surface area (Å²) in [5.74, 6) is 0. The first-order chi connectivity index (χ1) is 31.3. The molecule has 0 fully saturated rings. The van der Waals surface area contributed by atoms with E-state index in [4.69, 9.17) is 0 Å². The van der Waals surface area contributed by atoms with Crippen LogP contribution in [0.1, 0.15) is 0 Å². The van der Waals surface area contributed by atoms with Crippen LogP contribution in [0.4, 0.5) is 0 Å². The maximum atomic E-state index is 3.68. The smallest absolute Gasteiger partial charge is 0.134 e. The third-order valence-electron chi connectivity index (χ3n) is 12.3. The maximum Gasteiger partial charge on any atom is 0.134 e. The fourth-order valence-electron chi connectivity index (χ4n) is 9.53. The Morgan fingerprint density at radius 1 is 0.312 bits per heavy atom. The standard InChI is InChI=1S/C54H36N2Si.C6H5.W/c1-5-17-39(18-6-1)40-29-33-45(34-30-40)57(43-21-9-3-10-22-43,44-23-11-4-12-24-44)46-35-31-42(32-36-46)56-52-28-16-14-26-48(52)50-37-53-49(38-54(50)56)47-25-13-15-27-51(47)55(53)41-19-7-2-8-20-41;1-2-4-6-5-3-1;/h1-17,19-29,31-38H;1-5H;/q-2;-1;. The molecular formula is C60H41N2SiW-3. The second-order valence-electron chi connectivity index (χ2n) is 15.8. The van der Waals surface area contributed by atoms with E-state index in [1.165, 1.54) is 64.4 Å². The molecule has 64 heavy (non-hydrogen) atoms. The van der Waals surface area contributed by atoms with Gasteiger partial charge in [0.2, 0.25) is 0 Å². The molecule has 12 rings (SSSR count). The van der Waals surface area contributed by atoms with Crippen LogP contribution in [0.3, 0.4) is 0 Å². The van der Waals surface area contributed by atoms with Crippen LogP contribution in [0.5, 0.6) is 0 Å². The number of rotatable bonds is 7. The van der Waals surface area contributed by atoms with Crippen molar-refractivity contribution in [3.8, 4) is 22.5 Å². The fourth-order valence-corrected chi connectivity index (χ4v) is 14.2. The predicted molar refractivity (Wildman–Crippen MR) is 267 cm³/mol. The van der Waals surface area contributed by atoms with Crippen LogP contribution in [0.15, 0.2) is 249 Å². The van der Waals surface area contributed by atoms with Gasteiger partial charge in [-0.3, -0.25) is 0 Å². The van der Waals surface area contributed by atoms with Gasteiger partial charge in [-0.15, -0.1) is 11.3 Å². The Morgan fingerprint density at radius 2 is 0.750 bits per heavy atom. The summed E-state index contributed by atoms with van der Waals surface area (Å²) < 4.78 is 4.86. The van der Waals surface area contributed by atoms with Crippen molar-refractivity contribution in [2.24, 2.45) is 0 Å². The van der Waals surface area contributed by atoms with Gasteiger partial charge in [0.15, 0.2) is 0 Å². The van der Waals surface area contributed by atoms with Crippen molar-refractivity contribution in [2.75, 3.05) is 0 Å². The number of fused-ring (bicyclic) bond motifs is 6. The molecule has 0 amide bonds. The molecule has 0 saturated heterocycles. The molecule has 0 saturated carbocycles. The fraction of sp³-hybridized carbons (Fsp3) is 0. The van der Waals surface area contributed by atoms with Crippen LogP contribution in [0, 0.1) is 18.2 Å². The van der Waals surface area contributed by atoms with Gasteiger partial charge in [-0.25, -0.2) is 11.1 Å². The molecule has 0 bridgehead atoms. The van der Waals surface area contributed by atoms with Crippen molar-refractivity contribution >= 4 is 72.4 Å². The number of para-hydroxylation sites is 3. The molecule has 304 valence electrons. The van der Waals surface area contributed by atoms with Gasteiger partial charge in [0.25, 0.3) is 0 Å². The number of hydrogen-bond acceptors (Lipinski definition) is 0. The van der Waals surface area contributed by atoms with Crippen molar-refractivity contribution in [3.63, 3.8) is 0 Å². The van der Waals surface area contributed by atoms with E-state index in [1.54, 1.807) is 0 Å². The Morgan fingerprint density at radius 3 is 1.23 bits per heavy atom. The molecule has 0 unspecified atom stereocenters. The van der Waals surface area contributed by atoms with Crippen molar-refractivity contribution < 1.29 is 21.1 Å². The number of hydrogen-bond donors (Lipinski definition) is 0. The summed E-state index contributed by atoms with van der Waals surface area (Å²) >= 11 is 0. The van der Waals surface area contributed by atoms with E-state index in [2.05, 4.69) is 234 Å². The number of benzene rings is 10. The molecule has 4 heteroatoms. The molecule has 0 spiro atoms. The molecule has 2 aromatic heterocycles. The normalized spacial score (nSPS) is 11.3. The second-order valence-corrected chi connectivity index (χ2v) is 19.6. The van der Waals surface area contributed by atoms with E-state index in [0.717, 1.165) is 22.5 Å². The Balaban J connectivity index is 0.000000642. The largest absolute Gasteiger partial charge is 0.309 e. The average molecular weight is 1000 g/mol. The topological polar surface area (TPSA) is 9.86 Å². The average Bonchev–Trinajstić information content (AvgIpc) is 3.88. The van der Waals surface area contributed by atoms with E-state index in [9.17, 15) is 0 Å². The SMILES string of the molecule is [W].[c-]1ccccc1.[c-]1ccccc1-c1[c-]cc([Si](c2ccccc2)(c2ccccc2)c2ccc(-n3c4ccccc4c4cc5c(cc43)c3ccccc3n5-c3ccccc3)cc2)cc1. The molecule has 12 aromatic rings. The van der Waals surface area contributed by atoms with Crippen molar-refractivity contribution in [3.05, 3.63) is 267 Å². The molecule has 0 atom stereocenters. The minimum Gasteiger partial charge on any atom is -0.309 e. The van der Waals surface area contributed by atoms with E-state index in [-0.39, 0.29) is 21.1 Å². The van der Waals surface area contributed by atoms with Gasteiger partial charge >= 0.3 is 0 Å². The monoisotopic (exact) mass is 1000 g/mol. The molecule has 2 nitrogen and oxygen atoms in total. The molecule has 10 aromatic carbocycles. The first-order valence-corrected chi connectivity index (χ1v) is 23.4. The first-order valence-electron chi connectivity index (χ1n) is 21.4. The Bertz CT molecular complexity index is 3390. The summed E-state index contributed by atoms with van der Waals surface area (Å²) in [5.41, 5.74) is 9.22. The number of aromatic nitrogens is 2. The molecule has 0 aliphatic rings. The molecular weight excluding hydrogens is 961 g/mol. The van der Waals surface area contributed by atoms with Crippen LogP contribution in [-0.2, 0) is 21.1 Å². The summed E-state index contributed by atoms with van der Waals surface area (Å²) in [4.78, 5) is 0. The third-order valence-corrected chi connectivity index (χ3v) is 17.1. The van der Waals surface area contributed by atoms with E-state index >= 15 is 0 Å². The van der Waals surface area contributed by atoms with Crippen molar-refractivity contribution in [2.45, 2.75) is 0 Å². The van der Waals surface area contributed by atoms with Gasteiger partial charge in [0.05, 0.1) is 22.1 Å². The quantitative estimate of drug-likeness (QED) is 0.0855. The van der Waals surface area contributed by atoms with Gasteiger partial charge in [-0.05, 0) is 48.5 Å². The molecule has 0 N–H and O–H groups in total. The van der Waals surface area contributed by atoms with Crippen LogP contribution in [0.25, 0.3) is 66.1 Å². The van der Waals surface area contributed by atoms with Crippen LogP contribution in [0.2, 0.25) is 0 Å². The maximum absolute atomic E-state index is 3.68. The first kappa shape index (κ1) is 40.8. The van der Waals surface area contributed by atoms with Gasteiger partial charge in [-0.1, -0.05) is 143 Å². The van der Waals surface area contributed by atoms with E-state index < -0.39 is 8.07 Å². The summed E-state index contributed by atoms with van der Waals surface area (Å²) in [6.07, 6.45) is 0. The predicted octanol–water partition coefficient (Wildman–Crippen LogP) is 12.0. The van der Waals surface area contributed by atoms with Gasteiger partial charge < -0.3 is 9.13 Å². The Kier molecular flexibility index (Phi) is 11.4. The summed E-state index contributed by atoms with van der Waals surface area (Å²) in [5, 5.41) is 10.3. The Hall–Kier alpha value is -7.29. The number of nitrogens with zero attached hydrogens (tertiary/aromatic N) is 2. The van der Waals surface area contributed by atoms with Crippen molar-refractivity contribution in [1.82, 2.24) is 9.13 Å². The molecule has 2 heterocycles. The van der Waals surface area contributed by atoms with E-state index in [0.29, 0.717) is 0 Å². The van der Waals surface area contributed by atoms with Gasteiger partial charge in [-0.2, -0.15) is 84.9 Å². The molecule has 0 aliphatic heterocycles. The zero-order valence-corrected chi connectivity index (χ0v) is 38.9. The zero-order chi connectivity index (χ0) is 42.0. The minimum absolute atomic E-state index is 0. The second kappa shape index (κ2) is 17.8. The summed E-state index contributed by atoms with van der Waals surface area (Å²) in [6.45, 7) is 0. The molecule has 0 radical (unpaired) electrons. The molecule has 0 aliphatic carbocycles. The van der Waals surface area contributed by atoms with E-state index in [1.807, 2.05) is 42.5 Å². The van der Waals surface area contributed by atoms with Crippen LogP contribution in [-0.4, -0.2) is 17.2 Å². The summed E-state index contributed by atoms with van der Waals surface area (Å²) in [7, 11) is -2.79. The minimum atomic E-state index is -2.79. The third kappa shape index (κ3) is 7.14. The Labute approximate surface area is 389 Å². The van der Waals surface area contributed by atoms with Gasteiger partial charge in [0, 0.05) is 54.0 Å². The van der Waals surface area contributed by atoms with Crippen LogP contribution >= 0.6 is 0 Å². The van der Waals surface area contributed by atoms with Crippen LogP contribution < -0.4 is 20.7 Å². The zero-order valence-electron chi connectivity index (χ0n) is 35.0. The van der Waals surface area contributed by atoms with Crippen molar-refractivity contribution in [1.29, 1.82) is 0 Å². The summed E-state index contributed by atoms with van der Waals surface area (Å²) in [6, 6.07) is 99.3. The van der Waals surface area contributed by atoms with Gasteiger partial charge in [0.1, 0.15) is 8.07 Å².